The van der Waals surface area contributed by atoms with Gasteiger partial charge in [-0.15, -0.1) is 0 Å². The number of allylic oxidation sites excluding steroid dienone is 1. The zero-order valence-electron chi connectivity index (χ0n) is 14.8. The van der Waals surface area contributed by atoms with E-state index in [0.29, 0.717) is 6.61 Å². The van der Waals surface area contributed by atoms with E-state index < -0.39 is 0 Å². The molecule has 2 aromatic carbocycles. The first kappa shape index (κ1) is 17.8. The number of likely N-dealkylation sites (tertiary alicyclic amines) is 1. The molecular formula is C23H23NO2. The van der Waals surface area contributed by atoms with E-state index in [1.54, 1.807) is 0 Å². The van der Waals surface area contributed by atoms with Crippen LogP contribution in [-0.4, -0.2) is 23.6 Å². The van der Waals surface area contributed by atoms with Crippen LogP contribution >= 0.6 is 0 Å². The molecule has 132 valence electrons. The first-order valence-corrected chi connectivity index (χ1v) is 9.03. The molecule has 1 fully saturated rings. The van der Waals surface area contributed by atoms with E-state index in [9.17, 15) is 4.79 Å². The van der Waals surface area contributed by atoms with Gasteiger partial charge < -0.3 is 9.64 Å². The van der Waals surface area contributed by atoms with E-state index in [0.717, 1.165) is 36.9 Å². The third kappa shape index (κ3) is 5.26. The molecule has 1 atom stereocenters. The second-order valence-electron chi connectivity index (χ2n) is 6.29. The van der Waals surface area contributed by atoms with E-state index in [1.807, 2.05) is 77.7 Å². The molecule has 3 heteroatoms. The highest BCUT2D eigenvalue weighted by Crippen LogP contribution is 2.19. The maximum absolute atomic E-state index is 12.5. The molecule has 0 radical (unpaired) electrons. The number of carbonyl (C=O) groups is 1. The Bertz CT molecular complexity index is 787. The number of carbonyl (C=O) groups excluding carboxylic acids is 1. The highest BCUT2D eigenvalue weighted by Gasteiger charge is 2.25. The van der Waals surface area contributed by atoms with Crippen LogP contribution in [0.3, 0.4) is 0 Å². The Kier molecular flexibility index (Phi) is 6.50. The summed E-state index contributed by atoms with van der Waals surface area (Å²) in [7, 11) is 0. The molecule has 1 aliphatic heterocycles. The average Bonchev–Trinajstić information content (AvgIpc) is 2.71. The Labute approximate surface area is 155 Å². The van der Waals surface area contributed by atoms with Crippen molar-refractivity contribution in [3.63, 3.8) is 0 Å². The van der Waals surface area contributed by atoms with Gasteiger partial charge in [-0.3, -0.25) is 0 Å². The van der Waals surface area contributed by atoms with Crippen LogP contribution in [0.15, 0.2) is 72.8 Å². The van der Waals surface area contributed by atoms with Crippen molar-refractivity contribution >= 4 is 6.09 Å². The molecule has 0 bridgehead atoms. The first-order chi connectivity index (χ1) is 12.8. The number of piperidine rings is 1. The molecule has 0 unspecified atom stereocenters. The predicted molar refractivity (Wildman–Crippen MR) is 103 cm³/mol. The van der Waals surface area contributed by atoms with Gasteiger partial charge >= 0.3 is 6.09 Å². The molecule has 3 nitrogen and oxygen atoms in total. The van der Waals surface area contributed by atoms with E-state index in [1.165, 1.54) is 0 Å². The highest BCUT2D eigenvalue weighted by atomic mass is 16.6. The van der Waals surface area contributed by atoms with Gasteiger partial charge in [0.2, 0.25) is 0 Å². The summed E-state index contributed by atoms with van der Waals surface area (Å²) < 4.78 is 5.49. The second kappa shape index (κ2) is 9.48. The molecule has 1 amide bonds. The van der Waals surface area contributed by atoms with Crippen molar-refractivity contribution in [1.82, 2.24) is 4.90 Å². The van der Waals surface area contributed by atoms with Crippen LogP contribution in [0.5, 0.6) is 0 Å². The summed E-state index contributed by atoms with van der Waals surface area (Å²) in [6.45, 7) is 1.04. The Morgan fingerprint density at radius 2 is 1.81 bits per heavy atom. The van der Waals surface area contributed by atoms with Gasteiger partial charge in [-0.1, -0.05) is 66.4 Å². The number of ether oxygens (including phenoxy) is 1. The van der Waals surface area contributed by atoms with Crippen molar-refractivity contribution in [2.45, 2.75) is 31.9 Å². The van der Waals surface area contributed by atoms with Gasteiger partial charge in [0.1, 0.15) is 6.61 Å². The summed E-state index contributed by atoms with van der Waals surface area (Å²) in [6, 6.07) is 19.7. The Morgan fingerprint density at radius 1 is 1.08 bits per heavy atom. The van der Waals surface area contributed by atoms with Crippen molar-refractivity contribution < 1.29 is 9.53 Å². The smallest absolute Gasteiger partial charge is 0.410 e. The lowest BCUT2D eigenvalue weighted by atomic mass is 10.0. The number of amides is 1. The Balaban J connectivity index is 1.57. The lowest BCUT2D eigenvalue weighted by Gasteiger charge is -2.33. The quantitative estimate of drug-likeness (QED) is 0.749. The molecule has 0 spiro atoms. The fourth-order valence-electron chi connectivity index (χ4n) is 2.99. The topological polar surface area (TPSA) is 29.5 Å². The minimum absolute atomic E-state index is 0.0529. The average molecular weight is 345 g/mol. The molecule has 0 aromatic heterocycles. The lowest BCUT2D eigenvalue weighted by Crippen LogP contribution is -2.42. The van der Waals surface area contributed by atoms with Gasteiger partial charge in [-0.2, -0.15) is 0 Å². The van der Waals surface area contributed by atoms with Gasteiger partial charge in [0.25, 0.3) is 0 Å². The zero-order valence-corrected chi connectivity index (χ0v) is 14.8. The maximum Gasteiger partial charge on any atom is 0.410 e. The van der Waals surface area contributed by atoms with E-state index in [4.69, 9.17) is 4.74 Å². The van der Waals surface area contributed by atoms with Crippen LogP contribution in [0.4, 0.5) is 4.79 Å². The third-order valence-corrected chi connectivity index (χ3v) is 4.38. The first-order valence-electron chi connectivity index (χ1n) is 9.03. The SMILES string of the molecule is O=C(OCc1ccccc1)N1CCCC[C@H]1/C=C/C#Cc1ccccc1. The summed E-state index contributed by atoms with van der Waals surface area (Å²) in [5, 5.41) is 0. The fraction of sp³-hybridized carbons (Fsp3) is 0.261. The standard InChI is InChI=1S/C23H23NO2/c25-23(26-19-21-14-5-2-6-15-21)24-18-10-9-17-22(24)16-8-7-13-20-11-3-1-4-12-20/h1-6,8,11-12,14-16,22H,9-10,17-19H2/b16-8+/t22-/m1/s1. The van der Waals surface area contributed by atoms with E-state index in [-0.39, 0.29) is 12.1 Å². The molecule has 1 saturated heterocycles. The number of benzene rings is 2. The van der Waals surface area contributed by atoms with E-state index >= 15 is 0 Å². The van der Waals surface area contributed by atoms with Crippen molar-refractivity contribution in [1.29, 1.82) is 0 Å². The third-order valence-electron chi connectivity index (χ3n) is 4.38. The monoisotopic (exact) mass is 345 g/mol. The number of hydrogen-bond donors (Lipinski definition) is 0. The van der Waals surface area contributed by atoms with Crippen molar-refractivity contribution in [3.8, 4) is 11.8 Å². The van der Waals surface area contributed by atoms with Crippen LogP contribution in [-0.2, 0) is 11.3 Å². The van der Waals surface area contributed by atoms with Crippen molar-refractivity contribution in [2.24, 2.45) is 0 Å². The van der Waals surface area contributed by atoms with Gasteiger partial charge in [0.15, 0.2) is 0 Å². The molecule has 1 heterocycles. The molecule has 0 saturated carbocycles. The van der Waals surface area contributed by atoms with Crippen molar-refractivity contribution in [2.75, 3.05) is 6.54 Å². The molecule has 26 heavy (non-hydrogen) atoms. The normalized spacial score (nSPS) is 16.8. The zero-order chi connectivity index (χ0) is 18.0. The summed E-state index contributed by atoms with van der Waals surface area (Å²) in [5.41, 5.74) is 1.98. The van der Waals surface area contributed by atoms with Crippen LogP contribution in [0.2, 0.25) is 0 Å². The van der Waals surface area contributed by atoms with Gasteiger partial charge in [-0.05, 0) is 43.0 Å². The lowest BCUT2D eigenvalue weighted by molar-refractivity contribution is 0.0775. The van der Waals surface area contributed by atoms with Crippen molar-refractivity contribution in [3.05, 3.63) is 83.9 Å². The van der Waals surface area contributed by atoms with Gasteiger partial charge in [0, 0.05) is 12.1 Å². The van der Waals surface area contributed by atoms with Crippen LogP contribution in [0.1, 0.15) is 30.4 Å². The minimum Gasteiger partial charge on any atom is -0.445 e. The minimum atomic E-state index is -0.251. The molecule has 0 aliphatic carbocycles. The van der Waals surface area contributed by atoms with Gasteiger partial charge in [-0.25, -0.2) is 4.79 Å². The Hall–Kier alpha value is -2.99. The van der Waals surface area contributed by atoms with Crippen LogP contribution < -0.4 is 0 Å². The summed E-state index contributed by atoms with van der Waals surface area (Å²) in [4.78, 5) is 14.3. The molecule has 3 rings (SSSR count). The van der Waals surface area contributed by atoms with Crippen LogP contribution in [0.25, 0.3) is 0 Å². The molecule has 1 aliphatic rings. The van der Waals surface area contributed by atoms with Crippen LogP contribution in [0, 0.1) is 11.8 Å². The predicted octanol–water partition coefficient (Wildman–Crippen LogP) is 4.79. The molecule has 2 aromatic rings. The Morgan fingerprint density at radius 3 is 2.58 bits per heavy atom. The number of nitrogens with zero attached hydrogens (tertiary/aromatic N) is 1. The molecular weight excluding hydrogens is 322 g/mol. The summed E-state index contributed by atoms with van der Waals surface area (Å²) >= 11 is 0. The highest BCUT2D eigenvalue weighted by molar-refractivity contribution is 5.68. The summed E-state index contributed by atoms with van der Waals surface area (Å²) in [5.74, 6) is 6.16. The second-order valence-corrected chi connectivity index (χ2v) is 6.29. The summed E-state index contributed by atoms with van der Waals surface area (Å²) in [6.07, 6.45) is 6.69. The fourth-order valence-corrected chi connectivity index (χ4v) is 2.99. The number of rotatable bonds is 3. The van der Waals surface area contributed by atoms with Gasteiger partial charge in [0.05, 0.1) is 6.04 Å². The number of hydrogen-bond acceptors (Lipinski definition) is 2. The molecule has 0 N–H and O–H groups in total. The largest absolute Gasteiger partial charge is 0.445 e. The maximum atomic E-state index is 12.5. The van der Waals surface area contributed by atoms with E-state index in [2.05, 4.69) is 11.8 Å².